The van der Waals surface area contributed by atoms with Gasteiger partial charge in [-0.25, -0.2) is 0 Å². The van der Waals surface area contributed by atoms with Gasteiger partial charge in [0, 0.05) is 19.0 Å². The number of rotatable bonds is 5. The van der Waals surface area contributed by atoms with Crippen LogP contribution < -0.4 is 19.9 Å². The van der Waals surface area contributed by atoms with E-state index in [4.69, 9.17) is 19.9 Å². The zero-order valence-corrected chi connectivity index (χ0v) is 12.0. The number of fused-ring (bicyclic) bond motifs is 1. The topological polar surface area (TPSA) is 53.7 Å². The van der Waals surface area contributed by atoms with Crippen molar-refractivity contribution in [3.05, 3.63) is 53.6 Å². The predicted molar refractivity (Wildman–Crippen MR) is 80.9 cm³/mol. The first-order chi connectivity index (χ1) is 10.3. The summed E-state index contributed by atoms with van der Waals surface area (Å²) < 4.78 is 17.0. The van der Waals surface area contributed by atoms with Crippen molar-refractivity contribution in [3.8, 4) is 17.2 Å². The van der Waals surface area contributed by atoms with Crippen molar-refractivity contribution < 1.29 is 14.2 Å². The Labute approximate surface area is 124 Å². The van der Waals surface area contributed by atoms with E-state index in [9.17, 15) is 0 Å². The van der Waals surface area contributed by atoms with Crippen LogP contribution in [0.5, 0.6) is 17.2 Å². The fourth-order valence-corrected chi connectivity index (χ4v) is 2.49. The molecule has 0 spiro atoms. The fraction of sp³-hybridized carbons (Fsp3) is 0.294. The molecule has 4 nitrogen and oxygen atoms in total. The summed E-state index contributed by atoms with van der Waals surface area (Å²) in [4.78, 5) is 0. The highest BCUT2D eigenvalue weighted by Gasteiger charge is 2.22. The molecule has 1 heterocycles. The lowest BCUT2D eigenvalue weighted by molar-refractivity contribution is 0.148. The second-order valence-electron chi connectivity index (χ2n) is 5.08. The van der Waals surface area contributed by atoms with E-state index in [0.717, 1.165) is 29.2 Å². The van der Waals surface area contributed by atoms with Crippen molar-refractivity contribution in [1.29, 1.82) is 0 Å². The molecule has 0 fully saturated rings. The maximum Gasteiger partial charge on any atom is 0.137 e. The highest BCUT2D eigenvalue weighted by atomic mass is 16.5. The van der Waals surface area contributed by atoms with Crippen LogP contribution in [0, 0.1) is 0 Å². The summed E-state index contributed by atoms with van der Waals surface area (Å²) in [6.07, 6.45) is 0.930. The van der Waals surface area contributed by atoms with Gasteiger partial charge in [0.1, 0.15) is 30.0 Å². The van der Waals surface area contributed by atoms with E-state index in [0.29, 0.717) is 13.2 Å². The summed E-state index contributed by atoms with van der Waals surface area (Å²) >= 11 is 0. The minimum absolute atomic E-state index is 0.0509. The number of benzene rings is 2. The third-order valence-corrected chi connectivity index (χ3v) is 3.56. The zero-order chi connectivity index (χ0) is 14.7. The molecule has 0 radical (unpaired) electrons. The molecule has 0 saturated heterocycles. The lowest BCUT2D eigenvalue weighted by atomic mass is 10.1. The number of hydrogen-bond donors (Lipinski definition) is 1. The van der Waals surface area contributed by atoms with Crippen molar-refractivity contribution in [3.63, 3.8) is 0 Å². The van der Waals surface area contributed by atoms with Gasteiger partial charge in [-0.3, -0.25) is 0 Å². The first kappa shape index (κ1) is 13.8. The van der Waals surface area contributed by atoms with E-state index in [1.807, 2.05) is 36.4 Å². The number of hydrogen-bond acceptors (Lipinski definition) is 4. The van der Waals surface area contributed by atoms with Crippen LogP contribution >= 0.6 is 0 Å². The van der Waals surface area contributed by atoms with Gasteiger partial charge in [0.2, 0.25) is 0 Å². The van der Waals surface area contributed by atoms with Gasteiger partial charge in [0.25, 0.3) is 0 Å². The van der Waals surface area contributed by atoms with Crippen molar-refractivity contribution >= 4 is 0 Å². The third-order valence-electron chi connectivity index (χ3n) is 3.56. The van der Waals surface area contributed by atoms with Gasteiger partial charge in [-0.1, -0.05) is 18.2 Å². The molecule has 2 aromatic rings. The van der Waals surface area contributed by atoms with E-state index in [1.165, 1.54) is 5.56 Å². The van der Waals surface area contributed by atoms with Gasteiger partial charge in [-0.2, -0.15) is 0 Å². The monoisotopic (exact) mass is 285 g/mol. The minimum Gasteiger partial charge on any atom is -0.497 e. The summed E-state index contributed by atoms with van der Waals surface area (Å²) in [6, 6.07) is 13.8. The van der Waals surface area contributed by atoms with Crippen LogP contribution in [-0.2, 0) is 13.0 Å². The van der Waals surface area contributed by atoms with Crippen LogP contribution in [0.4, 0.5) is 0 Å². The van der Waals surface area contributed by atoms with Crippen LogP contribution in [0.15, 0.2) is 42.5 Å². The summed E-state index contributed by atoms with van der Waals surface area (Å²) in [6.45, 7) is 0.963. The first-order valence-electron chi connectivity index (χ1n) is 7.04. The van der Waals surface area contributed by atoms with E-state index < -0.39 is 0 Å². The molecule has 21 heavy (non-hydrogen) atoms. The maximum absolute atomic E-state index is 5.86. The molecule has 1 atom stereocenters. The summed E-state index contributed by atoms with van der Waals surface area (Å²) in [5.74, 6) is 2.47. The standard InChI is InChI=1S/C17H19NO3/c1-19-14-6-12(10-18)7-15(9-14)20-11-16-8-13-4-2-3-5-17(13)21-16/h2-7,9,16H,8,10-11,18H2,1H3. The molecule has 0 amide bonds. The van der Waals surface area contributed by atoms with Gasteiger partial charge in [-0.05, 0) is 29.3 Å². The van der Waals surface area contributed by atoms with Crippen molar-refractivity contribution in [1.82, 2.24) is 0 Å². The van der Waals surface area contributed by atoms with Gasteiger partial charge >= 0.3 is 0 Å². The summed E-state index contributed by atoms with van der Waals surface area (Å²) in [5.41, 5.74) is 7.90. The smallest absolute Gasteiger partial charge is 0.137 e. The van der Waals surface area contributed by atoms with Crippen LogP contribution in [-0.4, -0.2) is 19.8 Å². The van der Waals surface area contributed by atoms with Crippen molar-refractivity contribution in [2.75, 3.05) is 13.7 Å². The first-order valence-corrected chi connectivity index (χ1v) is 7.04. The number of methoxy groups -OCH3 is 1. The van der Waals surface area contributed by atoms with Gasteiger partial charge in [0.15, 0.2) is 0 Å². The summed E-state index contributed by atoms with van der Waals surface area (Å²) in [7, 11) is 1.64. The molecule has 0 bridgehead atoms. The minimum atomic E-state index is 0.0509. The fourth-order valence-electron chi connectivity index (χ4n) is 2.49. The average molecular weight is 285 g/mol. The molecule has 4 heteroatoms. The molecule has 2 aromatic carbocycles. The molecule has 2 N–H and O–H groups in total. The number of para-hydroxylation sites is 1. The van der Waals surface area contributed by atoms with Crippen LogP contribution in [0.25, 0.3) is 0 Å². The molecular formula is C17H19NO3. The molecule has 1 unspecified atom stereocenters. The van der Waals surface area contributed by atoms with Crippen LogP contribution in [0.1, 0.15) is 11.1 Å². The predicted octanol–water partition coefficient (Wildman–Crippen LogP) is 2.54. The quantitative estimate of drug-likeness (QED) is 0.917. The Bertz CT molecular complexity index is 580. The highest BCUT2D eigenvalue weighted by Crippen LogP contribution is 2.29. The SMILES string of the molecule is COc1cc(CN)cc(OCC2Cc3ccccc3O2)c1. The van der Waals surface area contributed by atoms with Crippen LogP contribution in [0.3, 0.4) is 0 Å². The van der Waals surface area contributed by atoms with Crippen molar-refractivity contribution in [2.24, 2.45) is 5.73 Å². The molecule has 110 valence electrons. The third kappa shape index (κ3) is 3.11. The molecule has 3 rings (SSSR count). The van der Waals surface area contributed by atoms with E-state index in [1.54, 1.807) is 7.11 Å². The second-order valence-corrected chi connectivity index (χ2v) is 5.08. The lowest BCUT2D eigenvalue weighted by Gasteiger charge is -2.14. The van der Waals surface area contributed by atoms with E-state index in [2.05, 4.69) is 6.07 Å². The second kappa shape index (κ2) is 6.06. The maximum atomic E-state index is 5.86. The Hall–Kier alpha value is -2.20. The largest absolute Gasteiger partial charge is 0.497 e. The molecule has 0 aromatic heterocycles. The van der Waals surface area contributed by atoms with Gasteiger partial charge in [0.05, 0.1) is 7.11 Å². The van der Waals surface area contributed by atoms with Crippen LogP contribution in [0.2, 0.25) is 0 Å². The Morgan fingerprint density at radius 1 is 1.19 bits per heavy atom. The molecule has 1 aliphatic rings. The average Bonchev–Trinajstić information content (AvgIpc) is 2.95. The van der Waals surface area contributed by atoms with Gasteiger partial charge in [-0.15, -0.1) is 0 Å². The van der Waals surface area contributed by atoms with Gasteiger partial charge < -0.3 is 19.9 Å². The zero-order valence-electron chi connectivity index (χ0n) is 12.0. The molecule has 0 saturated carbocycles. The van der Waals surface area contributed by atoms with Crippen molar-refractivity contribution in [2.45, 2.75) is 19.1 Å². The van der Waals surface area contributed by atoms with E-state index in [-0.39, 0.29) is 6.10 Å². The lowest BCUT2D eigenvalue weighted by Crippen LogP contribution is -2.22. The van der Waals surface area contributed by atoms with E-state index >= 15 is 0 Å². The molecular weight excluding hydrogens is 266 g/mol. The normalized spacial score (nSPS) is 16.2. The highest BCUT2D eigenvalue weighted by molar-refractivity contribution is 5.39. The Morgan fingerprint density at radius 3 is 2.76 bits per heavy atom. The number of nitrogens with two attached hydrogens (primary N) is 1. The summed E-state index contributed by atoms with van der Waals surface area (Å²) in [5, 5.41) is 0. The Balaban J connectivity index is 1.64. The number of ether oxygens (including phenoxy) is 3. The molecule has 1 aliphatic heterocycles. The Morgan fingerprint density at radius 2 is 2.00 bits per heavy atom. The Kier molecular flexibility index (Phi) is 3.97. The molecule has 0 aliphatic carbocycles.